The first-order chi connectivity index (χ1) is 11.0. The maximum absolute atomic E-state index is 12.4. The van der Waals surface area contributed by atoms with Gasteiger partial charge in [0.25, 0.3) is 0 Å². The van der Waals surface area contributed by atoms with Crippen LogP contribution in [-0.4, -0.2) is 64.1 Å². The normalized spacial score (nSPS) is 11.0. The van der Waals surface area contributed by atoms with Gasteiger partial charge in [-0.1, -0.05) is 5.21 Å². The summed E-state index contributed by atoms with van der Waals surface area (Å²) >= 11 is 0. The molecule has 0 saturated heterocycles. The minimum Gasteiger partial charge on any atom is -0.321 e. The maximum atomic E-state index is 12.4. The van der Waals surface area contributed by atoms with Gasteiger partial charge in [-0.05, 0) is 52.2 Å². The van der Waals surface area contributed by atoms with Crippen molar-refractivity contribution in [1.29, 1.82) is 0 Å². The SMILES string of the molecule is CC(C)N(CCN(C)C)C(=O)Nc1ccc(-n2ccnn2)cc1. The van der Waals surface area contributed by atoms with E-state index in [1.54, 1.807) is 17.1 Å². The molecule has 7 nitrogen and oxygen atoms in total. The molecule has 1 aromatic heterocycles. The number of carbonyl (C=O) groups excluding carboxylic acids is 1. The number of anilines is 1. The van der Waals surface area contributed by atoms with E-state index in [9.17, 15) is 4.79 Å². The number of likely N-dealkylation sites (N-methyl/N-ethyl adjacent to an activating group) is 1. The van der Waals surface area contributed by atoms with Crippen LogP contribution in [0.1, 0.15) is 13.8 Å². The number of amides is 2. The zero-order chi connectivity index (χ0) is 16.8. The van der Waals surface area contributed by atoms with E-state index in [1.165, 1.54) is 0 Å². The molecule has 7 heteroatoms. The van der Waals surface area contributed by atoms with Gasteiger partial charge in [-0.3, -0.25) is 0 Å². The third kappa shape index (κ3) is 4.79. The topological polar surface area (TPSA) is 66.3 Å². The summed E-state index contributed by atoms with van der Waals surface area (Å²) in [4.78, 5) is 16.3. The summed E-state index contributed by atoms with van der Waals surface area (Å²) in [5.74, 6) is 0. The lowest BCUT2D eigenvalue weighted by molar-refractivity contribution is 0.189. The van der Waals surface area contributed by atoms with Gasteiger partial charge in [0, 0.05) is 24.8 Å². The summed E-state index contributed by atoms with van der Waals surface area (Å²) in [5, 5.41) is 10.7. The van der Waals surface area contributed by atoms with E-state index in [1.807, 2.05) is 57.1 Å². The maximum Gasteiger partial charge on any atom is 0.322 e. The number of hydrogen-bond donors (Lipinski definition) is 1. The van der Waals surface area contributed by atoms with Gasteiger partial charge in [-0.25, -0.2) is 9.48 Å². The smallest absolute Gasteiger partial charge is 0.321 e. The number of urea groups is 1. The van der Waals surface area contributed by atoms with E-state index in [2.05, 4.69) is 20.5 Å². The second-order valence-electron chi connectivity index (χ2n) is 5.92. The standard InChI is InChI=1S/C16H24N6O/c1-13(2)21(12-11-20(3)4)16(23)18-14-5-7-15(8-6-14)22-10-9-17-19-22/h5-10,13H,11-12H2,1-4H3,(H,18,23). The Balaban J connectivity index is 2.00. The van der Waals surface area contributed by atoms with Crippen molar-refractivity contribution in [2.45, 2.75) is 19.9 Å². The minimum absolute atomic E-state index is 0.0876. The fourth-order valence-corrected chi connectivity index (χ4v) is 2.14. The number of nitrogens with zero attached hydrogens (tertiary/aromatic N) is 5. The Labute approximate surface area is 136 Å². The molecular weight excluding hydrogens is 292 g/mol. The third-order valence-corrected chi connectivity index (χ3v) is 3.48. The monoisotopic (exact) mass is 316 g/mol. The largest absolute Gasteiger partial charge is 0.322 e. The highest BCUT2D eigenvalue weighted by molar-refractivity contribution is 5.89. The summed E-state index contributed by atoms with van der Waals surface area (Å²) in [6.45, 7) is 5.55. The second-order valence-corrected chi connectivity index (χ2v) is 5.92. The number of nitrogens with one attached hydrogen (secondary N) is 1. The first-order valence-corrected chi connectivity index (χ1v) is 7.66. The van der Waals surface area contributed by atoms with E-state index >= 15 is 0 Å². The van der Waals surface area contributed by atoms with Gasteiger partial charge < -0.3 is 15.1 Å². The molecular formula is C16H24N6O. The Hall–Kier alpha value is -2.41. The minimum atomic E-state index is -0.0876. The summed E-state index contributed by atoms with van der Waals surface area (Å²) in [5.41, 5.74) is 1.66. The predicted molar refractivity (Wildman–Crippen MR) is 90.8 cm³/mol. The van der Waals surface area contributed by atoms with Gasteiger partial charge in [0.05, 0.1) is 18.1 Å². The zero-order valence-corrected chi connectivity index (χ0v) is 14.1. The van der Waals surface area contributed by atoms with Crippen LogP contribution in [0, 0.1) is 0 Å². The van der Waals surface area contributed by atoms with E-state index in [4.69, 9.17) is 0 Å². The molecule has 0 unspecified atom stereocenters. The van der Waals surface area contributed by atoms with Crippen molar-refractivity contribution in [3.63, 3.8) is 0 Å². The van der Waals surface area contributed by atoms with E-state index in [-0.39, 0.29) is 12.1 Å². The molecule has 1 aromatic carbocycles. The zero-order valence-electron chi connectivity index (χ0n) is 14.1. The molecule has 0 spiro atoms. The van der Waals surface area contributed by atoms with Crippen LogP contribution < -0.4 is 5.32 Å². The molecule has 1 N–H and O–H groups in total. The summed E-state index contributed by atoms with van der Waals surface area (Å²) in [7, 11) is 4.00. The molecule has 2 rings (SSSR count). The molecule has 0 saturated carbocycles. The van der Waals surface area contributed by atoms with Crippen LogP contribution in [0.4, 0.5) is 10.5 Å². The van der Waals surface area contributed by atoms with Crippen molar-refractivity contribution in [1.82, 2.24) is 24.8 Å². The summed E-state index contributed by atoms with van der Waals surface area (Å²) < 4.78 is 1.67. The third-order valence-electron chi connectivity index (χ3n) is 3.48. The number of carbonyl (C=O) groups is 1. The van der Waals surface area contributed by atoms with Crippen molar-refractivity contribution in [3.05, 3.63) is 36.7 Å². The number of hydrogen-bond acceptors (Lipinski definition) is 4. The first-order valence-electron chi connectivity index (χ1n) is 7.66. The van der Waals surface area contributed by atoms with Crippen molar-refractivity contribution >= 4 is 11.7 Å². The average Bonchev–Trinajstić information content (AvgIpc) is 3.01. The molecule has 23 heavy (non-hydrogen) atoms. The lowest BCUT2D eigenvalue weighted by Gasteiger charge is -2.28. The van der Waals surface area contributed by atoms with E-state index in [0.717, 1.165) is 17.9 Å². The van der Waals surface area contributed by atoms with Crippen molar-refractivity contribution in [2.75, 3.05) is 32.5 Å². The highest BCUT2D eigenvalue weighted by Gasteiger charge is 2.17. The van der Waals surface area contributed by atoms with Gasteiger partial charge in [0.1, 0.15) is 0 Å². The fraction of sp³-hybridized carbons (Fsp3) is 0.438. The molecule has 2 amide bonds. The Morgan fingerprint density at radius 2 is 1.91 bits per heavy atom. The van der Waals surface area contributed by atoms with Crippen LogP contribution in [0.25, 0.3) is 5.69 Å². The summed E-state index contributed by atoms with van der Waals surface area (Å²) in [6, 6.07) is 7.56. The van der Waals surface area contributed by atoms with Crippen LogP contribution in [0.2, 0.25) is 0 Å². The first kappa shape index (κ1) is 17.0. The summed E-state index contributed by atoms with van der Waals surface area (Å²) in [6.07, 6.45) is 3.40. The molecule has 0 aliphatic carbocycles. The highest BCUT2D eigenvalue weighted by Crippen LogP contribution is 2.13. The molecule has 0 fully saturated rings. The van der Waals surface area contributed by atoms with Gasteiger partial charge >= 0.3 is 6.03 Å². The van der Waals surface area contributed by atoms with Crippen LogP contribution in [0.5, 0.6) is 0 Å². The van der Waals surface area contributed by atoms with Crippen molar-refractivity contribution in [2.24, 2.45) is 0 Å². The Morgan fingerprint density at radius 1 is 1.22 bits per heavy atom. The van der Waals surface area contributed by atoms with Gasteiger partial charge in [0.15, 0.2) is 0 Å². The van der Waals surface area contributed by atoms with Crippen molar-refractivity contribution < 1.29 is 4.79 Å². The fourth-order valence-electron chi connectivity index (χ4n) is 2.14. The van der Waals surface area contributed by atoms with Gasteiger partial charge in [-0.15, -0.1) is 5.10 Å². The lowest BCUT2D eigenvalue weighted by Crippen LogP contribution is -2.43. The predicted octanol–water partition coefficient (Wildman–Crippen LogP) is 2.07. The quantitative estimate of drug-likeness (QED) is 0.886. The Kier molecular flexibility index (Phi) is 5.70. The molecule has 0 aliphatic heterocycles. The van der Waals surface area contributed by atoms with Crippen molar-refractivity contribution in [3.8, 4) is 5.69 Å². The molecule has 0 radical (unpaired) electrons. The van der Waals surface area contributed by atoms with E-state index in [0.29, 0.717) is 6.54 Å². The molecule has 0 aliphatic rings. The van der Waals surface area contributed by atoms with Gasteiger partial charge in [0.2, 0.25) is 0 Å². The van der Waals surface area contributed by atoms with Crippen LogP contribution in [0.3, 0.4) is 0 Å². The molecule has 2 aromatic rings. The highest BCUT2D eigenvalue weighted by atomic mass is 16.2. The van der Waals surface area contributed by atoms with Crippen LogP contribution in [0.15, 0.2) is 36.7 Å². The molecule has 0 bridgehead atoms. The number of benzene rings is 1. The van der Waals surface area contributed by atoms with Crippen LogP contribution >= 0.6 is 0 Å². The van der Waals surface area contributed by atoms with Crippen LogP contribution in [-0.2, 0) is 0 Å². The molecule has 1 heterocycles. The number of rotatable bonds is 6. The molecule has 124 valence electrons. The Morgan fingerprint density at radius 3 is 2.43 bits per heavy atom. The number of aromatic nitrogens is 3. The van der Waals surface area contributed by atoms with E-state index < -0.39 is 0 Å². The second kappa shape index (κ2) is 7.73. The molecule has 0 atom stereocenters. The lowest BCUT2D eigenvalue weighted by atomic mass is 10.2. The Bertz CT molecular complexity index is 606. The average molecular weight is 316 g/mol. The van der Waals surface area contributed by atoms with Gasteiger partial charge in [-0.2, -0.15) is 0 Å².